The van der Waals surface area contributed by atoms with Crippen LogP contribution in [0.5, 0.6) is 0 Å². The van der Waals surface area contributed by atoms with Crippen molar-refractivity contribution in [2.45, 2.75) is 77.0 Å². The maximum Gasteiger partial charge on any atom is 0.408 e. The van der Waals surface area contributed by atoms with Crippen molar-refractivity contribution in [2.75, 3.05) is 26.9 Å². The lowest BCUT2D eigenvalue weighted by molar-refractivity contribution is -0.312. The molecule has 2 rings (SSSR count). The second kappa shape index (κ2) is 13.6. The maximum absolute atomic E-state index is 12.1. The Balaban J connectivity index is 1.95. The number of rotatable bonds is 11. The average Bonchev–Trinajstić information content (AvgIpc) is 2.79. The zero-order chi connectivity index (χ0) is 25.1. The minimum absolute atomic E-state index is 0.257. The Morgan fingerprint density at radius 1 is 1.12 bits per heavy atom. The summed E-state index contributed by atoms with van der Waals surface area (Å²) >= 11 is 0. The third kappa shape index (κ3) is 9.19. The molecule has 0 bridgehead atoms. The third-order valence-electron chi connectivity index (χ3n) is 4.84. The van der Waals surface area contributed by atoms with E-state index in [1.807, 2.05) is 37.3 Å². The van der Waals surface area contributed by atoms with Crippen molar-refractivity contribution in [2.24, 2.45) is 0 Å². The molecule has 1 aliphatic rings. The van der Waals surface area contributed by atoms with E-state index in [1.165, 1.54) is 7.11 Å². The van der Waals surface area contributed by atoms with Crippen LogP contribution in [-0.2, 0) is 39.8 Å². The molecule has 1 aromatic rings. The molecule has 0 aromatic heterocycles. The fraction of sp³-hybridized carbons (Fsp3) is 0.667. The number of benzene rings is 1. The number of hydrogen-bond donors (Lipinski definition) is 2. The summed E-state index contributed by atoms with van der Waals surface area (Å²) in [7, 11) is 1.46. The largest absolute Gasteiger partial charge is 0.461 e. The number of aliphatic hydroxyl groups excluding tert-OH is 1. The topological polar surface area (TPSA) is 122 Å². The molecule has 2 N–H and O–H groups in total. The van der Waals surface area contributed by atoms with Gasteiger partial charge in [-0.2, -0.15) is 0 Å². The van der Waals surface area contributed by atoms with Gasteiger partial charge in [0.2, 0.25) is 0 Å². The van der Waals surface area contributed by atoms with Gasteiger partial charge < -0.3 is 38.8 Å². The highest BCUT2D eigenvalue weighted by atomic mass is 16.7. The number of aliphatic hydroxyl groups is 1. The predicted octanol–water partition coefficient (Wildman–Crippen LogP) is 2.17. The number of alkyl carbamates (subject to hydrolysis) is 1. The van der Waals surface area contributed by atoms with E-state index in [0.29, 0.717) is 6.61 Å². The van der Waals surface area contributed by atoms with Crippen molar-refractivity contribution in [3.8, 4) is 0 Å². The number of hydrogen-bond acceptors (Lipinski definition) is 9. The molecule has 34 heavy (non-hydrogen) atoms. The molecule has 10 heteroatoms. The lowest BCUT2D eigenvalue weighted by Gasteiger charge is -2.43. The van der Waals surface area contributed by atoms with E-state index in [4.69, 9.17) is 28.4 Å². The van der Waals surface area contributed by atoms with Crippen LogP contribution in [0.15, 0.2) is 30.3 Å². The number of methoxy groups -OCH3 is 1. The molecule has 192 valence electrons. The van der Waals surface area contributed by atoms with Crippen LogP contribution in [0, 0.1) is 0 Å². The van der Waals surface area contributed by atoms with Gasteiger partial charge >= 0.3 is 12.1 Å². The standard InChI is InChI=1S/C24H37NO9/c1-6-12-30-20-19(27)17(15-31-18(26)13-25-23(28)34-24(2,3)4)33-22(29-5)21(20)32-14-16-10-8-7-9-11-16/h7-11,17,19-22,27H,6,12-15H2,1-5H3,(H,25,28)/t17-,19-,20+,21-,22?/m1/s1. The van der Waals surface area contributed by atoms with Gasteiger partial charge in [-0.25, -0.2) is 4.79 Å². The second-order valence-corrected chi connectivity index (χ2v) is 8.90. The summed E-state index contributed by atoms with van der Waals surface area (Å²) in [4.78, 5) is 23.8. The molecule has 1 heterocycles. The first kappa shape index (κ1) is 28.0. The van der Waals surface area contributed by atoms with Gasteiger partial charge in [0.1, 0.15) is 43.2 Å². The van der Waals surface area contributed by atoms with Crippen molar-refractivity contribution in [1.82, 2.24) is 5.32 Å². The summed E-state index contributed by atoms with van der Waals surface area (Å²) in [6.45, 7) is 7.14. The molecular formula is C24H37NO9. The van der Waals surface area contributed by atoms with Gasteiger partial charge in [0.05, 0.1) is 6.61 Å². The number of nitrogens with one attached hydrogen (secondary N) is 1. The zero-order valence-corrected chi connectivity index (χ0v) is 20.5. The van der Waals surface area contributed by atoms with Crippen LogP contribution >= 0.6 is 0 Å². The molecule has 1 unspecified atom stereocenters. The van der Waals surface area contributed by atoms with Crippen LogP contribution in [0.1, 0.15) is 39.7 Å². The van der Waals surface area contributed by atoms with Crippen molar-refractivity contribution >= 4 is 12.1 Å². The summed E-state index contributed by atoms with van der Waals surface area (Å²) in [6.07, 6.45) is -4.34. The first-order chi connectivity index (χ1) is 16.1. The zero-order valence-electron chi connectivity index (χ0n) is 20.5. The Labute approximate surface area is 200 Å². The van der Waals surface area contributed by atoms with Crippen molar-refractivity contribution in [1.29, 1.82) is 0 Å². The monoisotopic (exact) mass is 483 g/mol. The van der Waals surface area contributed by atoms with Gasteiger partial charge in [-0.1, -0.05) is 37.3 Å². The molecule has 1 amide bonds. The molecule has 5 atom stereocenters. The van der Waals surface area contributed by atoms with Crippen LogP contribution < -0.4 is 5.32 Å². The molecule has 1 fully saturated rings. The Morgan fingerprint density at radius 2 is 1.82 bits per heavy atom. The molecule has 0 spiro atoms. The fourth-order valence-electron chi connectivity index (χ4n) is 3.29. The van der Waals surface area contributed by atoms with E-state index in [0.717, 1.165) is 12.0 Å². The van der Waals surface area contributed by atoms with Crippen LogP contribution in [0.4, 0.5) is 4.79 Å². The number of esters is 1. The van der Waals surface area contributed by atoms with E-state index in [2.05, 4.69) is 5.32 Å². The molecule has 0 radical (unpaired) electrons. The van der Waals surface area contributed by atoms with Gasteiger partial charge in [-0.05, 0) is 32.8 Å². The predicted molar refractivity (Wildman–Crippen MR) is 122 cm³/mol. The molecule has 1 saturated heterocycles. The smallest absolute Gasteiger partial charge is 0.408 e. The molecule has 1 aliphatic heterocycles. The summed E-state index contributed by atoms with van der Waals surface area (Å²) in [6, 6.07) is 9.59. The van der Waals surface area contributed by atoms with Crippen LogP contribution in [0.3, 0.4) is 0 Å². The second-order valence-electron chi connectivity index (χ2n) is 8.90. The average molecular weight is 484 g/mol. The summed E-state index contributed by atoms with van der Waals surface area (Å²) < 4.78 is 33.5. The Morgan fingerprint density at radius 3 is 2.44 bits per heavy atom. The van der Waals surface area contributed by atoms with E-state index in [9.17, 15) is 14.7 Å². The quantitative estimate of drug-likeness (QED) is 0.456. The van der Waals surface area contributed by atoms with E-state index >= 15 is 0 Å². The molecule has 10 nitrogen and oxygen atoms in total. The molecule has 1 aromatic carbocycles. The van der Waals surface area contributed by atoms with Crippen molar-refractivity contribution in [3.05, 3.63) is 35.9 Å². The number of amides is 1. The molecular weight excluding hydrogens is 446 g/mol. The third-order valence-corrected chi connectivity index (χ3v) is 4.84. The van der Waals surface area contributed by atoms with E-state index < -0.39 is 48.4 Å². The summed E-state index contributed by atoms with van der Waals surface area (Å²) in [5.74, 6) is -0.705. The van der Waals surface area contributed by atoms with Crippen LogP contribution in [0.2, 0.25) is 0 Å². The van der Waals surface area contributed by atoms with Gasteiger partial charge in [-0.3, -0.25) is 4.79 Å². The highest BCUT2D eigenvalue weighted by Gasteiger charge is 2.47. The summed E-state index contributed by atoms with van der Waals surface area (Å²) in [5, 5.41) is 13.3. The van der Waals surface area contributed by atoms with Crippen molar-refractivity contribution in [3.63, 3.8) is 0 Å². The first-order valence-corrected chi connectivity index (χ1v) is 11.4. The minimum atomic E-state index is -1.13. The van der Waals surface area contributed by atoms with Gasteiger partial charge in [-0.15, -0.1) is 0 Å². The number of carbonyl (C=O) groups is 2. The SMILES string of the molecule is CCCO[C@H]1[C@H](O)[C@@H](COC(=O)CNC(=O)OC(C)(C)C)OC(OC)[C@@H]1OCc1ccccc1. The Hall–Kier alpha value is -2.24. The highest BCUT2D eigenvalue weighted by Crippen LogP contribution is 2.28. The lowest BCUT2D eigenvalue weighted by atomic mass is 9.98. The molecule has 0 aliphatic carbocycles. The van der Waals surface area contributed by atoms with Gasteiger partial charge in [0, 0.05) is 13.7 Å². The maximum atomic E-state index is 12.1. The van der Waals surface area contributed by atoms with E-state index in [-0.39, 0.29) is 19.8 Å². The number of carbonyl (C=O) groups excluding carboxylic acids is 2. The van der Waals surface area contributed by atoms with Crippen LogP contribution in [-0.4, -0.2) is 80.3 Å². The Kier molecular flexibility index (Phi) is 11.2. The fourth-order valence-corrected chi connectivity index (χ4v) is 3.29. The summed E-state index contributed by atoms with van der Waals surface area (Å²) in [5.41, 5.74) is 0.269. The van der Waals surface area contributed by atoms with Crippen molar-refractivity contribution < 1.29 is 43.1 Å². The van der Waals surface area contributed by atoms with Gasteiger partial charge in [0.15, 0.2) is 6.29 Å². The van der Waals surface area contributed by atoms with E-state index in [1.54, 1.807) is 20.8 Å². The highest BCUT2D eigenvalue weighted by molar-refractivity contribution is 5.78. The Bertz CT molecular complexity index is 753. The normalized spacial score (nSPS) is 24.9. The lowest BCUT2D eigenvalue weighted by Crippen LogP contribution is -2.61. The van der Waals surface area contributed by atoms with Gasteiger partial charge in [0.25, 0.3) is 0 Å². The first-order valence-electron chi connectivity index (χ1n) is 11.4. The number of ether oxygens (including phenoxy) is 6. The van der Waals surface area contributed by atoms with Crippen LogP contribution in [0.25, 0.3) is 0 Å². The minimum Gasteiger partial charge on any atom is -0.461 e. The molecule has 0 saturated carbocycles.